The van der Waals surface area contributed by atoms with Gasteiger partial charge in [-0.3, -0.25) is 4.79 Å². The molecule has 0 unspecified atom stereocenters. The topological polar surface area (TPSA) is 17.1 Å². The van der Waals surface area contributed by atoms with Crippen LogP contribution in [0.1, 0.15) is 22.8 Å². The molecule has 2 aromatic carbocycles. The van der Waals surface area contributed by atoms with Gasteiger partial charge in [0.25, 0.3) is 0 Å². The second-order valence-corrected chi connectivity index (χ2v) is 5.57. The molecule has 0 saturated heterocycles. The lowest BCUT2D eigenvalue weighted by molar-refractivity contribution is 0.104. The zero-order chi connectivity index (χ0) is 14.4. The zero-order valence-electron chi connectivity index (χ0n) is 11.2. The van der Waals surface area contributed by atoms with Crippen LogP contribution in [-0.2, 0) is 0 Å². The van der Waals surface area contributed by atoms with Crippen LogP contribution in [0, 0.1) is 0 Å². The van der Waals surface area contributed by atoms with E-state index in [1.807, 2.05) is 73.7 Å². The summed E-state index contributed by atoms with van der Waals surface area (Å²) in [7, 11) is 0. The van der Waals surface area contributed by atoms with E-state index >= 15 is 0 Å². The number of hydrogen-bond acceptors (Lipinski definition) is 1. The maximum absolute atomic E-state index is 12.1. The highest BCUT2D eigenvalue weighted by Gasteiger charge is 2.03. The van der Waals surface area contributed by atoms with Crippen molar-refractivity contribution in [1.29, 1.82) is 0 Å². The SMILES string of the molecule is CC(Br)=C(C=CC(=O)c1ccccc1)c1ccccc1. The third-order valence-corrected chi connectivity index (χ3v) is 3.34. The van der Waals surface area contributed by atoms with Gasteiger partial charge in [0, 0.05) is 5.56 Å². The number of rotatable bonds is 4. The molecular formula is C18H15BrO. The molecule has 0 fully saturated rings. The van der Waals surface area contributed by atoms with E-state index in [2.05, 4.69) is 15.9 Å². The Hall–Kier alpha value is -1.93. The average Bonchev–Trinajstić information content (AvgIpc) is 2.49. The highest BCUT2D eigenvalue weighted by atomic mass is 79.9. The van der Waals surface area contributed by atoms with E-state index in [1.165, 1.54) is 0 Å². The largest absolute Gasteiger partial charge is 0.289 e. The molecule has 0 saturated carbocycles. The summed E-state index contributed by atoms with van der Waals surface area (Å²) in [6.07, 6.45) is 3.47. The van der Waals surface area contributed by atoms with E-state index in [0.717, 1.165) is 15.6 Å². The van der Waals surface area contributed by atoms with Crippen LogP contribution in [0.3, 0.4) is 0 Å². The van der Waals surface area contributed by atoms with Crippen LogP contribution >= 0.6 is 15.9 Å². The fourth-order valence-electron chi connectivity index (χ4n) is 1.89. The number of carbonyl (C=O) groups excluding carboxylic acids is 1. The van der Waals surface area contributed by atoms with E-state index in [0.29, 0.717) is 5.56 Å². The van der Waals surface area contributed by atoms with Crippen LogP contribution in [-0.4, -0.2) is 5.78 Å². The first kappa shape index (κ1) is 14.5. The third-order valence-electron chi connectivity index (χ3n) is 2.92. The Kier molecular flexibility index (Phi) is 5.08. The van der Waals surface area contributed by atoms with E-state index in [9.17, 15) is 4.79 Å². The molecule has 0 aliphatic rings. The maximum Gasteiger partial charge on any atom is 0.185 e. The van der Waals surface area contributed by atoms with Crippen molar-refractivity contribution in [3.63, 3.8) is 0 Å². The zero-order valence-corrected chi connectivity index (χ0v) is 12.8. The summed E-state index contributed by atoms with van der Waals surface area (Å²) < 4.78 is 1.00. The summed E-state index contributed by atoms with van der Waals surface area (Å²) in [4.78, 5) is 12.1. The minimum absolute atomic E-state index is 0.00720. The molecular weight excluding hydrogens is 312 g/mol. The van der Waals surface area contributed by atoms with Gasteiger partial charge >= 0.3 is 0 Å². The molecule has 0 aromatic heterocycles. The molecule has 0 N–H and O–H groups in total. The Balaban J connectivity index is 2.25. The number of allylic oxidation sites excluding steroid dienone is 4. The van der Waals surface area contributed by atoms with Gasteiger partial charge in [-0.25, -0.2) is 0 Å². The summed E-state index contributed by atoms with van der Waals surface area (Å²) in [5, 5.41) is 0. The summed E-state index contributed by atoms with van der Waals surface area (Å²) >= 11 is 3.50. The van der Waals surface area contributed by atoms with Gasteiger partial charge in [-0.2, -0.15) is 0 Å². The first-order valence-corrected chi connectivity index (χ1v) is 7.17. The first-order chi connectivity index (χ1) is 9.68. The monoisotopic (exact) mass is 326 g/mol. The molecule has 1 nitrogen and oxygen atoms in total. The van der Waals surface area contributed by atoms with E-state index in [1.54, 1.807) is 6.08 Å². The van der Waals surface area contributed by atoms with Gasteiger partial charge in [-0.1, -0.05) is 76.6 Å². The number of ketones is 1. The predicted molar refractivity (Wildman–Crippen MR) is 87.9 cm³/mol. The van der Waals surface area contributed by atoms with Crippen molar-refractivity contribution in [1.82, 2.24) is 0 Å². The lowest BCUT2D eigenvalue weighted by Gasteiger charge is -2.04. The number of benzene rings is 2. The lowest BCUT2D eigenvalue weighted by atomic mass is 10.0. The molecule has 0 atom stereocenters. The Bertz CT molecular complexity index is 636. The summed E-state index contributed by atoms with van der Waals surface area (Å²) in [6, 6.07) is 19.3. The van der Waals surface area contributed by atoms with Crippen LogP contribution in [0.4, 0.5) is 0 Å². The molecule has 0 radical (unpaired) electrons. The molecule has 2 rings (SSSR count). The number of hydrogen-bond donors (Lipinski definition) is 0. The molecule has 2 aromatic rings. The highest BCUT2D eigenvalue weighted by Crippen LogP contribution is 2.23. The van der Waals surface area contributed by atoms with Crippen molar-refractivity contribution in [3.8, 4) is 0 Å². The van der Waals surface area contributed by atoms with E-state index in [-0.39, 0.29) is 5.78 Å². The van der Waals surface area contributed by atoms with Crippen molar-refractivity contribution in [2.24, 2.45) is 0 Å². The van der Waals surface area contributed by atoms with Gasteiger partial charge in [0.2, 0.25) is 0 Å². The second-order valence-electron chi connectivity index (χ2n) is 4.38. The van der Waals surface area contributed by atoms with Crippen LogP contribution in [0.15, 0.2) is 77.3 Å². The first-order valence-electron chi connectivity index (χ1n) is 6.38. The summed E-state index contributed by atoms with van der Waals surface area (Å²) in [6.45, 7) is 1.97. The quantitative estimate of drug-likeness (QED) is 0.426. The standard InChI is InChI=1S/C18H15BrO/c1-14(19)17(15-8-4-2-5-9-15)12-13-18(20)16-10-6-3-7-11-16/h2-13H,1H3. The molecule has 0 aliphatic carbocycles. The Labute approximate surface area is 127 Å². The molecule has 20 heavy (non-hydrogen) atoms. The molecule has 100 valence electrons. The minimum atomic E-state index is 0.00720. The Morgan fingerprint density at radius 1 is 0.850 bits per heavy atom. The van der Waals surface area contributed by atoms with Crippen molar-refractivity contribution >= 4 is 27.3 Å². The molecule has 0 heterocycles. The maximum atomic E-state index is 12.1. The Morgan fingerprint density at radius 3 is 1.85 bits per heavy atom. The van der Waals surface area contributed by atoms with Gasteiger partial charge < -0.3 is 0 Å². The summed E-state index contributed by atoms with van der Waals surface area (Å²) in [5.41, 5.74) is 2.79. The lowest BCUT2D eigenvalue weighted by Crippen LogP contribution is -1.93. The van der Waals surface area contributed by atoms with Crippen LogP contribution in [0.2, 0.25) is 0 Å². The van der Waals surface area contributed by atoms with Gasteiger partial charge in [0.05, 0.1) is 0 Å². The van der Waals surface area contributed by atoms with Crippen molar-refractivity contribution < 1.29 is 4.79 Å². The third kappa shape index (κ3) is 3.78. The number of halogens is 1. The smallest absolute Gasteiger partial charge is 0.185 e. The van der Waals surface area contributed by atoms with Gasteiger partial charge in [0.1, 0.15) is 0 Å². The minimum Gasteiger partial charge on any atom is -0.289 e. The molecule has 0 amide bonds. The van der Waals surface area contributed by atoms with Crippen LogP contribution in [0.25, 0.3) is 5.57 Å². The van der Waals surface area contributed by atoms with Gasteiger partial charge in [-0.05, 0) is 34.7 Å². The number of carbonyl (C=O) groups is 1. The van der Waals surface area contributed by atoms with Crippen molar-refractivity contribution in [2.45, 2.75) is 6.92 Å². The van der Waals surface area contributed by atoms with Crippen LogP contribution < -0.4 is 0 Å². The molecule has 0 aliphatic heterocycles. The molecule has 2 heteroatoms. The normalized spacial score (nSPS) is 12.3. The molecule has 0 bridgehead atoms. The second kappa shape index (κ2) is 7.01. The van der Waals surface area contributed by atoms with Crippen molar-refractivity contribution in [2.75, 3.05) is 0 Å². The van der Waals surface area contributed by atoms with Crippen LogP contribution in [0.5, 0.6) is 0 Å². The van der Waals surface area contributed by atoms with E-state index < -0.39 is 0 Å². The van der Waals surface area contributed by atoms with E-state index in [4.69, 9.17) is 0 Å². The summed E-state index contributed by atoms with van der Waals surface area (Å²) in [5.74, 6) is 0.00720. The average molecular weight is 327 g/mol. The van der Waals surface area contributed by atoms with Gasteiger partial charge in [-0.15, -0.1) is 0 Å². The Morgan fingerprint density at radius 2 is 1.35 bits per heavy atom. The van der Waals surface area contributed by atoms with Gasteiger partial charge in [0.15, 0.2) is 5.78 Å². The highest BCUT2D eigenvalue weighted by molar-refractivity contribution is 9.11. The molecule has 0 spiro atoms. The predicted octanol–water partition coefficient (Wildman–Crippen LogP) is 5.25. The van der Waals surface area contributed by atoms with Crippen molar-refractivity contribution in [3.05, 3.63) is 88.4 Å². The fraction of sp³-hybridized carbons (Fsp3) is 0.0556. The fourth-order valence-corrected chi connectivity index (χ4v) is 2.25.